The highest BCUT2D eigenvalue weighted by Crippen LogP contribution is 2.19. The summed E-state index contributed by atoms with van der Waals surface area (Å²) < 4.78 is 5.67. The molecule has 0 aliphatic carbocycles. The number of nitrogens with zero attached hydrogens (tertiary/aromatic N) is 1. The summed E-state index contributed by atoms with van der Waals surface area (Å²) in [6, 6.07) is 9.79. The number of nitrogen functional groups attached to an aromatic ring is 1. The van der Waals surface area contributed by atoms with Crippen LogP contribution < -0.4 is 10.5 Å². The van der Waals surface area contributed by atoms with Gasteiger partial charge in [-0.15, -0.1) is 0 Å². The van der Waals surface area contributed by atoms with E-state index in [0.29, 0.717) is 12.3 Å². The Labute approximate surface area is 118 Å². The molecule has 0 amide bonds. The van der Waals surface area contributed by atoms with Crippen molar-refractivity contribution in [1.82, 2.24) is 4.90 Å². The lowest BCUT2D eigenvalue weighted by molar-refractivity contribution is 0.260. The molecule has 102 valence electrons. The molecule has 1 heterocycles. The standard InChI is InChI=1S/C15H20N2OS/c1-17(11-13-7-10-19-12-13)8-4-9-18-15-6-3-2-5-14(15)16/h2-3,5-7,10,12H,4,8-9,11,16H2,1H3. The fraction of sp³-hybridized carbons (Fsp3) is 0.333. The Morgan fingerprint density at radius 3 is 2.84 bits per heavy atom. The molecule has 1 aromatic heterocycles. The summed E-state index contributed by atoms with van der Waals surface area (Å²) in [5.74, 6) is 0.781. The lowest BCUT2D eigenvalue weighted by atomic mass is 10.3. The lowest BCUT2D eigenvalue weighted by Crippen LogP contribution is -2.20. The van der Waals surface area contributed by atoms with Crippen LogP contribution in [0.1, 0.15) is 12.0 Å². The molecule has 0 fully saturated rings. The molecular formula is C15H20N2OS. The van der Waals surface area contributed by atoms with Gasteiger partial charge in [0.05, 0.1) is 12.3 Å². The number of hydrogen-bond donors (Lipinski definition) is 1. The van der Waals surface area contributed by atoms with Crippen LogP contribution in [0.5, 0.6) is 5.75 Å². The topological polar surface area (TPSA) is 38.5 Å². The molecule has 0 spiro atoms. The van der Waals surface area contributed by atoms with Gasteiger partial charge >= 0.3 is 0 Å². The number of para-hydroxylation sites is 2. The number of ether oxygens (including phenoxy) is 1. The predicted octanol–water partition coefficient (Wildman–Crippen LogP) is 3.23. The summed E-state index contributed by atoms with van der Waals surface area (Å²) in [6.45, 7) is 2.71. The molecular weight excluding hydrogens is 256 g/mol. The molecule has 2 aromatic rings. The summed E-state index contributed by atoms with van der Waals surface area (Å²) in [6.07, 6.45) is 0.995. The van der Waals surface area contributed by atoms with Crippen LogP contribution in [-0.2, 0) is 6.54 Å². The van der Waals surface area contributed by atoms with Gasteiger partial charge in [0.2, 0.25) is 0 Å². The molecule has 0 saturated carbocycles. The van der Waals surface area contributed by atoms with Gasteiger partial charge in [-0.05, 0) is 48.0 Å². The van der Waals surface area contributed by atoms with Gasteiger partial charge in [0.1, 0.15) is 5.75 Å². The van der Waals surface area contributed by atoms with Crippen LogP contribution in [0.2, 0.25) is 0 Å². The molecule has 0 saturated heterocycles. The highest BCUT2D eigenvalue weighted by molar-refractivity contribution is 7.07. The minimum absolute atomic E-state index is 0.697. The maximum Gasteiger partial charge on any atom is 0.142 e. The van der Waals surface area contributed by atoms with E-state index >= 15 is 0 Å². The first-order chi connectivity index (χ1) is 9.25. The van der Waals surface area contributed by atoms with Gasteiger partial charge in [0.15, 0.2) is 0 Å². The fourth-order valence-electron chi connectivity index (χ4n) is 1.90. The van der Waals surface area contributed by atoms with Crippen molar-refractivity contribution < 1.29 is 4.74 Å². The Morgan fingerprint density at radius 1 is 1.26 bits per heavy atom. The third kappa shape index (κ3) is 4.58. The summed E-state index contributed by atoms with van der Waals surface area (Å²) in [5.41, 5.74) is 7.90. The van der Waals surface area contributed by atoms with Crippen LogP contribution in [0.15, 0.2) is 41.1 Å². The van der Waals surface area contributed by atoms with E-state index in [-0.39, 0.29) is 0 Å². The van der Waals surface area contributed by atoms with Crippen molar-refractivity contribution in [3.05, 3.63) is 46.7 Å². The van der Waals surface area contributed by atoms with Gasteiger partial charge < -0.3 is 15.4 Å². The first-order valence-corrected chi connectivity index (χ1v) is 7.37. The zero-order valence-electron chi connectivity index (χ0n) is 11.2. The maximum absolute atomic E-state index is 5.82. The average Bonchev–Trinajstić information content (AvgIpc) is 2.89. The quantitative estimate of drug-likeness (QED) is 0.623. The monoisotopic (exact) mass is 276 g/mol. The first-order valence-electron chi connectivity index (χ1n) is 6.42. The molecule has 4 heteroatoms. The molecule has 1 aromatic carbocycles. The predicted molar refractivity (Wildman–Crippen MR) is 81.6 cm³/mol. The summed E-state index contributed by atoms with van der Waals surface area (Å²) >= 11 is 1.74. The van der Waals surface area contributed by atoms with Crippen molar-refractivity contribution >= 4 is 17.0 Å². The maximum atomic E-state index is 5.82. The van der Waals surface area contributed by atoms with E-state index in [9.17, 15) is 0 Å². The van der Waals surface area contributed by atoms with Crippen LogP contribution in [0.25, 0.3) is 0 Å². The largest absolute Gasteiger partial charge is 0.491 e. The normalized spacial score (nSPS) is 10.8. The molecule has 2 rings (SSSR count). The zero-order valence-corrected chi connectivity index (χ0v) is 12.0. The Bertz CT molecular complexity index is 485. The van der Waals surface area contributed by atoms with Crippen molar-refractivity contribution in [3.63, 3.8) is 0 Å². The SMILES string of the molecule is CN(CCCOc1ccccc1N)Cc1ccsc1. The second kappa shape index (κ2) is 7.16. The smallest absolute Gasteiger partial charge is 0.142 e. The number of benzene rings is 1. The van der Waals surface area contributed by atoms with Crippen molar-refractivity contribution in [1.29, 1.82) is 0 Å². The van der Waals surface area contributed by atoms with Gasteiger partial charge in [-0.1, -0.05) is 12.1 Å². The Kier molecular flexibility index (Phi) is 5.24. The van der Waals surface area contributed by atoms with E-state index in [0.717, 1.165) is 25.3 Å². The number of hydrogen-bond acceptors (Lipinski definition) is 4. The third-order valence-corrected chi connectivity index (χ3v) is 3.63. The second-order valence-corrected chi connectivity index (χ2v) is 5.39. The average molecular weight is 276 g/mol. The Balaban J connectivity index is 1.65. The number of thiophene rings is 1. The van der Waals surface area contributed by atoms with Crippen molar-refractivity contribution in [2.45, 2.75) is 13.0 Å². The molecule has 3 nitrogen and oxygen atoms in total. The molecule has 0 aliphatic heterocycles. The van der Waals surface area contributed by atoms with E-state index < -0.39 is 0 Å². The fourth-order valence-corrected chi connectivity index (χ4v) is 2.56. The first kappa shape index (κ1) is 13.9. The molecule has 19 heavy (non-hydrogen) atoms. The third-order valence-electron chi connectivity index (χ3n) is 2.89. The molecule has 0 unspecified atom stereocenters. The summed E-state index contributed by atoms with van der Waals surface area (Å²) in [5, 5.41) is 4.31. The Morgan fingerprint density at radius 2 is 2.11 bits per heavy atom. The summed E-state index contributed by atoms with van der Waals surface area (Å²) in [4.78, 5) is 2.31. The van der Waals surface area contributed by atoms with Crippen LogP contribution in [-0.4, -0.2) is 25.1 Å². The van der Waals surface area contributed by atoms with Gasteiger partial charge in [-0.2, -0.15) is 11.3 Å². The Hall–Kier alpha value is -1.52. The molecule has 0 radical (unpaired) electrons. The van der Waals surface area contributed by atoms with Crippen LogP contribution in [0, 0.1) is 0 Å². The minimum Gasteiger partial charge on any atom is -0.491 e. The van der Waals surface area contributed by atoms with Crippen molar-refractivity contribution in [2.75, 3.05) is 25.9 Å². The minimum atomic E-state index is 0.697. The van der Waals surface area contributed by atoms with E-state index in [1.54, 1.807) is 11.3 Å². The van der Waals surface area contributed by atoms with Gasteiger partial charge in [0.25, 0.3) is 0 Å². The van der Waals surface area contributed by atoms with Crippen molar-refractivity contribution in [3.8, 4) is 5.75 Å². The van der Waals surface area contributed by atoms with Crippen LogP contribution >= 0.6 is 11.3 Å². The van der Waals surface area contributed by atoms with Gasteiger partial charge in [-0.25, -0.2) is 0 Å². The number of nitrogens with two attached hydrogens (primary N) is 1. The molecule has 0 bridgehead atoms. The highest BCUT2D eigenvalue weighted by atomic mass is 32.1. The van der Waals surface area contributed by atoms with Crippen LogP contribution in [0.4, 0.5) is 5.69 Å². The number of rotatable bonds is 7. The molecule has 0 atom stereocenters. The second-order valence-electron chi connectivity index (χ2n) is 4.61. The van der Waals surface area contributed by atoms with Crippen molar-refractivity contribution in [2.24, 2.45) is 0 Å². The zero-order chi connectivity index (χ0) is 13.5. The van der Waals surface area contributed by atoms with E-state index in [4.69, 9.17) is 10.5 Å². The van der Waals surface area contributed by atoms with Gasteiger partial charge in [-0.3, -0.25) is 0 Å². The lowest BCUT2D eigenvalue weighted by Gasteiger charge is -2.16. The van der Waals surface area contributed by atoms with E-state index in [1.165, 1.54) is 5.56 Å². The van der Waals surface area contributed by atoms with E-state index in [2.05, 4.69) is 28.8 Å². The molecule has 0 aliphatic rings. The summed E-state index contributed by atoms with van der Waals surface area (Å²) in [7, 11) is 2.13. The van der Waals surface area contributed by atoms with E-state index in [1.807, 2.05) is 24.3 Å². The highest BCUT2D eigenvalue weighted by Gasteiger charge is 2.02. The van der Waals surface area contributed by atoms with Crippen LogP contribution in [0.3, 0.4) is 0 Å². The number of anilines is 1. The van der Waals surface area contributed by atoms with Gasteiger partial charge in [0, 0.05) is 13.1 Å². The molecule has 2 N–H and O–H groups in total.